The van der Waals surface area contributed by atoms with E-state index in [-0.39, 0.29) is 0 Å². The maximum atomic E-state index is 4.01. The van der Waals surface area contributed by atoms with Crippen LogP contribution in [0, 0.1) is 6.92 Å². The van der Waals surface area contributed by atoms with E-state index in [1.165, 1.54) is 4.90 Å². The maximum Gasteiger partial charge on any atom is 0.205 e. The number of aryl methyl sites for hydroxylation is 1. The summed E-state index contributed by atoms with van der Waals surface area (Å²) in [6, 6.07) is 10.4. The SMILES string of the molecule is Cc1nnc(NCCSc2ccccc2)s1. The normalized spacial score (nSPS) is 10.3. The minimum absolute atomic E-state index is 0.908. The first-order chi connectivity index (χ1) is 7.84. The van der Waals surface area contributed by atoms with Gasteiger partial charge in [-0.05, 0) is 19.1 Å². The lowest BCUT2D eigenvalue weighted by molar-refractivity contribution is 1.04. The fourth-order valence-corrected chi connectivity index (χ4v) is 2.62. The quantitative estimate of drug-likeness (QED) is 0.654. The Bertz CT molecular complexity index is 428. The molecule has 84 valence electrons. The van der Waals surface area contributed by atoms with Crippen molar-refractivity contribution in [3.8, 4) is 0 Å². The van der Waals surface area contributed by atoms with Crippen LogP contribution in [0.25, 0.3) is 0 Å². The van der Waals surface area contributed by atoms with Crippen molar-refractivity contribution in [1.82, 2.24) is 10.2 Å². The predicted octanol–water partition coefficient (Wildman–Crippen LogP) is 3.05. The Kier molecular flexibility index (Phi) is 4.18. The number of rotatable bonds is 5. The molecule has 5 heteroatoms. The Morgan fingerprint density at radius 3 is 2.75 bits per heavy atom. The van der Waals surface area contributed by atoms with Crippen molar-refractivity contribution in [2.75, 3.05) is 17.6 Å². The van der Waals surface area contributed by atoms with Gasteiger partial charge in [-0.15, -0.1) is 22.0 Å². The molecule has 0 bridgehead atoms. The van der Waals surface area contributed by atoms with Gasteiger partial charge in [0.2, 0.25) is 5.13 Å². The zero-order valence-electron chi connectivity index (χ0n) is 9.01. The van der Waals surface area contributed by atoms with Crippen LogP contribution < -0.4 is 5.32 Å². The second-order valence-electron chi connectivity index (χ2n) is 3.21. The molecule has 0 aliphatic heterocycles. The van der Waals surface area contributed by atoms with Gasteiger partial charge in [0.05, 0.1) is 0 Å². The molecule has 0 atom stereocenters. The summed E-state index contributed by atoms with van der Waals surface area (Å²) in [5.74, 6) is 1.03. The summed E-state index contributed by atoms with van der Waals surface area (Å²) >= 11 is 3.43. The summed E-state index contributed by atoms with van der Waals surface area (Å²) in [6.45, 7) is 2.87. The Labute approximate surface area is 103 Å². The van der Waals surface area contributed by atoms with Gasteiger partial charge in [-0.25, -0.2) is 0 Å². The number of hydrogen-bond acceptors (Lipinski definition) is 5. The van der Waals surface area contributed by atoms with Gasteiger partial charge >= 0.3 is 0 Å². The summed E-state index contributed by atoms with van der Waals surface area (Å²) in [4.78, 5) is 1.30. The zero-order valence-corrected chi connectivity index (χ0v) is 10.6. The minimum Gasteiger partial charge on any atom is -0.359 e. The summed E-state index contributed by atoms with van der Waals surface area (Å²) in [5, 5.41) is 13.1. The van der Waals surface area contributed by atoms with Crippen LogP contribution in [0.15, 0.2) is 35.2 Å². The molecular formula is C11H13N3S2. The molecule has 0 aliphatic rings. The average Bonchev–Trinajstić information content (AvgIpc) is 2.72. The van der Waals surface area contributed by atoms with Crippen molar-refractivity contribution >= 4 is 28.2 Å². The van der Waals surface area contributed by atoms with E-state index in [0.717, 1.165) is 22.4 Å². The van der Waals surface area contributed by atoms with Gasteiger partial charge < -0.3 is 5.32 Å². The monoisotopic (exact) mass is 251 g/mol. The molecule has 0 saturated heterocycles. The number of nitrogens with zero attached hydrogens (tertiary/aromatic N) is 2. The fraction of sp³-hybridized carbons (Fsp3) is 0.273. The van der Waals surface area contributed by atoms with E-state index in [4.69, 9.17) is 0 Å². The van der Waals surface area contributed by atoms with Crippen LogP contribution >= 0.6 is 23.1 Å². The van der Waals surface area contributed by atoms with Crippen LogP contribution in [0.3, 0.4) is 0 Å². The fourth-order valence-electron chi connectivity index (χ4n) is 1.21. The molecule has 0 fully saturated rings. The van der Waals surface area contributed by atoms with Crippen molar-refractivity contribution in [2.24, 2.45) is 0 Å². The van der Waals surface area contributed by atoms with Crippen LogP contribution in [0.4, 0.5) is 5.13 Å². The molecule has 1 aromatic carbocycles. The third kappa shape index (κ3) is 3.50. The lowest BCUT2D eigenvalue weighted by atomic mass is 10.4. The van der Waals surface area contributed by atoms with Gasteiger partial charge in [0.1, 0.15) is 5.01 Å². The summed E-state index contributed by atoms with van der Waals surface area (Å²) < 4.78 is 0. The second kappa shape index (κ2) is 5.86. The summed E-state index contributed by atoms with van der Waals surface area (Å²) in [5.41, 5.74) is 0. The maximum absolute atomic E-state index is 4.01. The molecule has 16 heavy (non-hydrogen) atoms. The van der Waals surface area contributed by atoms with E-state index in [1.54, 1.807) is 11.3 Å². The largest absolute Gasteiger partial charge is 0.359 e. The Hall–Kier alpha value is -1.07. The minimum atomic E-state index is 0.908. The van der Waals surface area contributed by atoms with Gasteiger partial charge in [-0.2, -0.15) is 0 Å². The van der Waals surface area contributed by atoms with Crippen molar-refractivity contribution in [1.29, 1.82) is 0 Å². The van der Waals surface area contributed by atoms with Crippen molar-refractivity contribution < 1.29 is 0 Å². The first-order valence-electron chi connectivity index (χ1n) is 5.06. The molecule has 2 aromatic rings. The molecule has 0 aliphatic carbocycles. The Balaban J connectivity index is 1.69. The standard InChI is InChI=1S/C11H13N3S2/c1-9-13-14-11(16-9)12-7-8-15-10-5-3-2-4-6-10/h2-6H,7-8H2,1H3,(H,12,14). The first kappa shape index (κ1) is 11.4. The zero-order chi connectivity index (χ0) is 11.2. The molecule has 1 heterocycles. The van der Waals surface area contributed by atoms with Gasteiger partial charge in [0.15, 0.2) is 0 Å². The molecule has 0 spiro atoms. The Morgan fingerprint density at radius 2 is 2.06 bits per heavy atom. The summed E-state index contributed by atoms with van der Waals surface area (Å²) in [6.07, 6.45) is 0. The molecule has 1 N–H and O–H groups in total. The van der Waals surface area contributed by atoms with Crippen LogP contribution in [0.1, 0.15) is 5.01 Å². The number of benzene rings is 1. The number of hydrogen-bond donors (Lipinski definition) is 1. The van der Waals surface area contributed by atoms with Crippen LogP contribution in [0.5, 0.6) is 0 Å². The highest BCUT2D eigenvalue weighted by molar-refractivity contribution is 7.99. The molecule has 3 nitrogen and oxygen atoms in total. The lowest BCUT2D eigenvalue weighted by Gasteiger charge is -2.01. The number of aromatic nitrogens is 2. The lowest BCUT2D eigenvalue weighted by Crippen LogP contribution is -2.03. The predicted molar refractivity (Wildman–Crippen MR) is 70.3 cm³/mol. The second-order valence-corrected chi connectivity index (χ2v) is 5.56. The van der Waals surface area contributed by atoms with Crippen molar-refractivity contribution in [2.45, 2.75) is 11.8 Å². The molecular weight excluding hydrogens is 238 g/mol. The van der Waals surface area contributed by atoms with Crippen LogP contribution in [-0.2, 0) is 0 Å². The smallest absolute Gasteiger partial charge is 0.205 e. The van der Waals surface area contributed by atoms with Crippen LogP contribution in [0.2, 0.25) is 0 Å². The van der Waals surface area contributed by atoms with Gasteiger partial charge in [-0.3, -0.25) is 0 Å². The molecule has 1 aromatic heterocycles. The number of nitrogens with one attached hydrogen (secondary N) is 1. The highest BCUT2D eigenvalue weighted by Crippen LogP contribution is 2.17. The van der Waals surface area contributed by atoms with Crippen LogP contribution in [-0.4, -0.2) is 22.5 Å². The highest BCUT2D eigenvalue weighted by Gasteiger charge is 1.98. The van der Waals surface area contributed by atoms with E-state index in [9.17, 15) is 0 Å². The van der Waals surface area contributed by atoms with Gasteiger partial charge in [-0.1, -0.05) is 29.5 Å². The first-order valence-corrected chi connectivity index (χ1v) is 6.86. The highest BCUT2D eigenvalue weighted by atomic mass is 32.2. The van der Waals surface area contributed by atoms with E-state index in [0.29, 0.717) is 0 Å². The molecule has 2 rings (SSSR count). The number of anilines is 1. The van der Waals surface area contributed by atoms with E-state index in [1.807, 2.05) is 24.8 Å². The van der Waals surface area contributed by atoms with E-state index < -0.39 is 0 Å². The molecule has 0 radical (unpaired) electrons. The van der Waals surface area contributed by atoms with E-state index in [2.05, 4.69) is 39.8 Å². The third-order valence-corrected chi connectivity index (χ3v) is 3.73. The van der Waals surface area contributed by atoms with Gasteiger partial charge in [0.25, 0.3) is 0 Å². The van der Waals surface area contributed by atoms with E-state index >= 15 is 0 Å². The average molecular weight is 251 g/mol. The third-order valence-electron chi connectivity index (χ3n) is 1.92. The molecule has 0 saturated carbocycles. The van der Waals surface area contributed by atoms with Gasteiger partial charge in [0, 0.05) is 17.2 Å². The molecule has 0 unspecified atom stereocenters. The van der Waals surface area contributed by atoms with Crippen molar-refractivity contribution in [3.63, 3.8) is 0 Å². The Morgan fingerprint density at radius 1 is 1.25 bits per heavy atom. The molecule has 0 amide bonds. The topological polar surface area (TPSA) is 37.8 Å². The summed E-state index contributed by atoms with van der Waals surface area (Å²) in [7, 11) is 0. The number of thioether (sulfide) groups is 1. The van der Waals surface area contributed by atoms with Crippen molar-refractivity contribution in [3.05, 3.63) is 35.3 Å².